The largest absolute Gasteiger partial charge is 0.379 e. The molecule has 2 aromatic carbocycles. The Bertz CT molecular complexity index is 827. The Morgan fingerprint density at radius 3 is 1.97 bits per heavy atom. The smallest absolute Gasteiger partial charge is 0.223 e. The van der Waals surface area contributed by atoms with Gasteiger partial charge >= 0.3 is 0 Å². The van der Waals surface area contributed by atoms with Crippen LogP contribution in [0.25, 0.3) is 0 Å². The molecule has 0 unspecified atom stereocenters. The average Bonchev–Trinajstić information content (AvgIpc) is 2.81. The molecular weight excluding hydrogens is 393 g/mol. The molecule has 1 amide bonds. The van der Waals surface area contributed by atoms with Crippen molar-refractivity contribution in [2.75, 3.05) is 39.4 Å². The molecule has 0 atom stereocenters. The molecule has 2 aliphatic rings. The Kier molecular flexibility index (Phi) is 7.67. The summed E-state index contributed by atoms with van der Waals surface area (Å²) in [5.74, 6) is 0.0229. The van der Waals surface area contributed by atoms with Crippen LogP contribution in [-0.2, 0) is 29.2 Å². The molecular formula is C25H32FN3O2. The molecule has 5 nitrogen and oxygen atoms in total. The number of hydrogen-bond donors (Lipinski definition) is 1. The number of halogens is 1. The van der Waals surface area contributed by atoms with E-state index in [-0.39, 0.29) is 17.6 Å². The van der Waals surface area contributed by atoms with Gasteiger partial charge in [-0.2, -0.15) is 0 Å². The Morgan fingerprint density at radius 2 is 1.35 bits per heavy atom. The maximum absolute atomic E-state index is 13.1. The highest BCUT2D eigenvalue weighted by molar-refractivity contribution is 5.78. The van der Waals surface area contributed by atoms with Crippen molar-refractivity contribution < 1.29 is 13.9 Å². The number of carbonyl (C=O) groups is 1. The molecule has 0 saturated carbocycles. The maximum atomic E-state index is 13.1. The van der Waals surface area contributed by atoms with Crippen LogP contribution in [0.2, 0.25) is 0 Å². The SMILES string of the molecule is O=C(NCc1ccc(CN2CCOCC2)cc1)C1CCN(Cc2ccc(F)cc2)CC1. The second-order valence-corrected chi connectivity index (χ2v) is 8.60. The van der Waals surface area contributed by atoms with E-state index in [0.717, 1.165) is 76.5 Å². The quantitative estimate of drug-likeness (QED) is 0.740. The van der Waals surface area contributed by atoms with E-state index < -0.39 is 0 Å². The van der Waals surface area contributed by atoms with Gasteiger partial charge in [0.05, 0.1) is 13.2 Å². The summed E-state index contributed by atoms with van der Waals surface area (Å²) >= 11 is 0. The maximum Gasteiger partial charge on any atom is 0.223 e. The highest BCUT2D eigenvalue weighted by atomic mass is 19.1. The summed E-state index contributed by atoms with van der Waals surface area (Å²) in [6, 6.07) is 15.2. The number of likely N-dealkylation sites (tertiary alicyclic amines) is 1. The predicted molar refractivity (Wildman–Crippen MR) is 119 cm³/mol. The molecule has 2 heterocycles. The zero-order valence-electron chi connectivity index (χ0n) is 18.1. The van der Waals surface area contributed by atoms with Gasteiger partial charge in [-0.15, -0.1) is 0 Å². The fourth-order valence-electron chi connectivity index (χ4n) is 4.31. The summed E-state index contributed by atoms with van der Waals surface area (Å²) in [5, 5.41) is 3.11. The lowest BCUT2D eigenvalue weighted by molar-refractivity contribution is -0.126. The molecule has 166 valence electrons. The average molecular weight is 426 g/mol. The van der Waals surface area contributed by atoms with Gasteiger partial charge in [-0.25, -0.2) is 4.39 Å². The lowest BCUT2D eigenvalue weighted by Gasteiger charge is -2.31. The van der Waals surface area contributed by atoms with Gasteiger partial charge in [-0.3, -0.25) is 14.6 Å². The second-order valence-electron chi connectivity index (χ2n) is 8.60. The zero-order valence-corrected chi connectivity index (χ0v) is 18.1. The van der Waals surface area contributed by atoms with Crippen LogP contribution in [0.5, 0.6) is 0 Å². The lowest BCUT2D eigenvalue weighted by atomic mass is 9.95. The number of nitrogens with one attached hydrogen (secondary N) is 1. The van der Waals surface area contributed by atoms with Crippen molar-refractivity contribution in [3.05, 3.63) is 71.0 Å². The molecule has 0 aliphatic carbocycles. The molecule has 2 fully saturated rings. The van der Waals surface area contributed by atoms with Gasteiger partial charge in [0.1, 0.15) is 5.82 Å². The van der Waals surface area contributed by atoms with Crippen LogP contribution in [0.4, 0.5) is 4.39 Å². The molecule has 0 spiro atoms. The third kappa shape index (κ3) is 6.60. The summed E-state index contributed by atoms with van der Waals surface area (Å²) in [4.78, 5) is 17.4. The van der Waals surface area contributed by atoms with Gasteiger partial charge in [-0.1, -0.05) is 36.4 Å². The summed E-state index contributed by atoms with van der Waals surface area (Å²) in [6.45, 7) is 7.73. The summed E-state index contributed by atoms with van der Waals surface area (Å²) < 4.78 is 18.5. The molecule has 0 radical (unpaired) electrons. The Hall–Kier alpha value is -2.28. The van der Waals surface area contributed by atoms with Crippen LogP contribution in [0.15, 0.2) is 48.5 Å². The minimum atomic E-state index is -0.203. The molecule has 2 aliphatic heterocycles. The monoisotopic (exact) mass is 425 g/mol. The lowest BCUT2D eigenvalue weighted by Crippen LogP contribution is -2.40. The number of rotatable bonds is 7. The van der Waals surface area contributed by atoms with E-state index in [1.54, 1.807) is 0 Å². The first-order chi connectivity index (χ1) is 15.2. The van der Waals surface area contributed by atoms with E-state index in [9.17, 15) is 9.18 Å². The number of morpholine rings is 1. The highest BCUT2D eigenvalue weighted by Crippen LogP contribution is 2.20. The van der Waals surface area contributed by atoms with E-state index in [0.29, 0.717) is 6.54 Å². The fraction of sp³-hybridized carbons (Fsp3) is 0.480. The number of ether oxygens (including phenoxy) is 1. The number of amides is 1. The molecule has 1 N–H and O–H groups in total. The summed E-state index contributed by atoms with van der Waals surface area (Å²) in [6.07, 6.45) is 1.73. The normalized spacial score (nSPS) is 18.7. The van der Waals surface area contributed by atoms with Crippen molar-refractivity contribution in [2.24, 2.45) is 5.92 Å². The molecule has 6 heteroatoms. The Morgan fingerprint density at radius 1 is 0.839 bits per heavy atom. The highest BCUT2D eigenvalue weighted by Gasteiger charge is 2.24. The number of nitrogens with zero attached hydrogens (tertiary/aromatic N) is 2. The molecule has 2 aromatic rings. The minimum absolute atomic E-state index is 0.0741. The van der Waals surface area contributed by atoms with Gasteiger partial charge in [0, 0.05) is 38.6 Å². The van der Waals surface area contributed by atoms with Crippen molar-refractivity contribution in [3.8, 4) is 0 Å². The van der Waals surface area contributed by atoms with E-state index in [2.05, 4.69) is 39.4 Å². The van der Waals surface area contributed by atoms with E-state index >= 15 is 0 Å². The number of carbonyl (C=O) groups excluding carboxylic acids is 1. The van der Waals surface area contributed by atoms with Gasteiger partial charge in [0.15, 0.2) is 0 Å². The third-order valence-corrected chi connectivity index (χ3v) is 6.28. The van der Waals surface area contributed by atoms with Crippen molar-refractivity contribution in [2.45, 2.75) is 32.5 Å². The molecule has 31 heavy (non-hydrogen) atoms. The summed E-state index contributed by atoms with van der Waals surface area (Å²) in [7, 11) is 0. The number of piperidine rings is 1. The van der Waals surface area contributed by atoms with Gasteiger partial charge in [0.25, 0.3) is 0 Å². The van der Waals surface area contributed by atoms with Crippen LogP contribution in [0.1, 0.15) is 29.5 Å². The molecule has 0 aromatic heterocycles. The summed E-state index contributed by atoms with van der Waals surface area (Å²) in [5.41, 5.74) is 3.54. The van der Waals surface area contributed by atoms with Crippen molar-refractivity contribution >= 4 is 5.91 Å². The Labute approximate surface area is 184 Å². The Balaban J connectivity index is 1.17. The van der Waals surface area contributed by atoms with Gasteiger partial charge in [0.2, 0.25) is 5.91 Å². The standard InChI is InChI=1S/C25H32FN3O2/c26-24-7-5-22(6-8-24)18-28-11-9-23(10-12-28)25(30)27-17-20-1-3-21(4-2-20)19-29-13-15-31-16-14-29/h1-8,23H,9-19H2,(H,27,30). The zero-order chi connectivity index (χ0) is 21.5. The third-order valence-electron chi connectivity index (χ3n) is 6.28. The predicted octanol–water partition coefficient (Wildman–Crippen LogP) is 3.19. The number of benzene rings is 2. The van der Waals surface area contributed by atoms with Crippen LogP contribution in [-0.4, -0.2) is 55.1 Å². The van der Waals surface area contributed by atoms with Crippen LogP contribution < -0.4 is 5.32 Å². The van der Waals surface area contributed by atoms with E-state index in [1.807, 2.05) is 12.1 Å². The first-order valence-electron chi connectivity index (χ1n) is 11.3. The van der Waals surface area contributed by atoms with Crippen LogP contribution in [0.3, 0.4) is 0 Å². The van der Waals surface area contributed by atoms with Gasteiger partial charge in [-0.05, 0) is 54.8 Å². The van der Waals surface area contributed by atoms with Crippen molar-refractivity contribution in [3.63, 3.8) is 0 Å². The van der Waals surface area contributed by atoms with E-state index in [4.69, 9.17) is 4.74 Å². The molecule has 0 bridgehead atoms. The molecule has 4 rings (SSSR count). The fourth-order valence-corrected chi connectivity index (χ4v) is 4.31. The van der Waals surface area contributed by atoms with E-state index in [1.165, 1.54) is 17.7 Å². The first kappa shape index (κ1) is 21.9. The minimum Gasteiger partial charge on any atom is -0.379 e. The first-order valence-corrected chi connectivity index (χ1v) is 11.3. The van der Waals surface area contributed by atoms with Crippen molar-refractivity contribution in [1.29, 1.82) is 0 Å². The topological polar surface area (TPSA) is 44.8 Å². The van der Waals surface area contributed by atoms with Crippen LogP contribution >= 0.6 is 0 Å². The van der Waals surface area contributed by atoms with Crippen LogP contribution in [0, 0.1) is 11.7 Å². The van der Waals surface area contributed by atoms with Gasteiger partial charge < -0.3 is 10.1 Å². The second kappa shape index (κ2) is 10.8. The van der Waals surface area contributed by atoms with Crippen molar-refractivity contribution in [1.82, 2.24) is 15.1 Å². The molecule has 2 saturated heterocycles. The number of hydrogen-bond acceptors (Lipinski definition) is 4.